The number of hydrogen-bond acceptors (Lipinski definition) is 5. The van der Waals surface area contributed by atoms with E-state index >= 15 is 0 Å². The Morgan fingerprint density at radius 1 is 1.30 bits per heavy atom. The van der Waals surface area contributed by atoms with Crippen molar-refractivity contribution in [1.29, 1.82) is 0 Å². The van der Waals surface area contributed by atoms with Crippen molar-refractivity contribution in [2.24, 2.45) is 11.7 Å². The van der Waals surface area contributed by atoms with E-state index in [0.717, 1.165) is 29.2 Å². The van der Waals surface area contributed by atoms with Crippen molar-refractivity contribution in [3.63, 3.8) is 0 Å². The van der Waals surface area contributed by atoms with Crippen molar-refractivity contribution in [2.45, 2.75) is 40.3 Å². The van der Waals surface area contributed by atoms with Gasteiger partial charge in [-0.1, -0.05) is 13.8 Å². The van der Waals surface area contributed by atoms with Crippen LogP contribution in [0.1, 0.15) is 47.0 Å². The molecule has 0 saturated carbocycles. The molecule has 6 nitrogen and oxygen atoms in total. The highest BCUT2D eigenvalue weighted by Crippen LogP contribution is 2.28. The van der Waals surface area contributed by atoms with Crippen LogP contribution in [0.5, 0.6) is 0 Å². The van der Waals surface area contributed by atoms with Crippen molar-refractivity contribution in [3.8, 4) is 0 Å². The molecule has 0 aliphatic carbocycles. The van der Waals surface area contributed by atoms with Crippen LogP contribution in [0.15, 0.2) is 18.3 Å². The lowest BCUT2D eigenvalue weighted by molar-refractivity contribution is 0.100. The molecule has 1 aliphatic rings. The van der Waals surface area contributed by atoms with Gasteiger partial charge in [0, 0.05) is 30.4 Å². The third-order valence-electron chi connectivity index (χ3n) is 3.88. The molecular formula is C17H21N5O. The van der Waals surface area contributed by atoms with Gasteiger partial charge in [0.05, 0.1) is 17.8 Å². The summed E-state index contributed by atoms with van der Waals surface area (Å²) in [6.07, 6.45) is 2.75. The smallest absolute Gasteiger partial charge is 0.252 e. The molecular weight excluding hydrogens is 290 g/mol. The zero-order chi connectivity index (χ0) is 16.6. The summed E-state index contributed by atoms with van der Waals surface area (Å²) in [5, 5.41) is 0. The fourth-order valence-electron chi connectivity index (χ4n) is 2.78. The Morgan fingerprint density at radius 2 is 2.09 bits per heavy atom. The lowest BCUT2D eigenvalue weighted by Crippen LogP contribution is -2.22. The minimum atomic E-state index is -0.463. The topological polar surface area (TPSA) is 85.0 Å². The van der Waals surface area contributed by atoms with E-state index in [4.69, 9.17) is 5.73 Å². The molecule has 6 heteroatoms. The average molecular weight is 311 g/mol. The van der Waals surface area contributed by atoms with Crippen LogP contribution < -0.4 is 10.6 Å². The summed E-state index contributed by atoms with van der Waals surface area (Å²) < 4.78 is 0. The number of amides is 1. The second-order valence-corrected chi connectivity index (χ2v) is 6.40. The molecule has 0 spiro atoms. The van der Waals surface area contributed by atoms with E-state index in [1.54, 1.807) is 12.1 Å². The van der Waals surface area contributed by atoms with Crippen LogP contribution in [0.4, 0.5) is 5.82 Å². The molecule has 23 heavy (non-hydrogen) atoms. The summed E-state index contributed by atoms with van der Waals surface area (Å²) in [4.78, 5) is 27.3. The van der Waals surface area contributed by atoms with Crippen LogP contribution in [-0.4, -0.2) is 20.9 Å². The maximum Gasteiger partial charge on any atom is 0.252 e. The Bertz CT molecular complexity index is 757. The van der Waals surface area contributed by atoms with Crippen molar-refractivity contribution < 1.29 is 4.79 Å². The Hall–Kier alpha value is -2.50. The van der Waals surface area contributed by atoms with E-state index in [1.807, 2.05) is 18.0 Å². The molecule has 0 atom stereocenters. The van der Waals surface area contributed by atoms with Crippen LogP contribution in [0, 0.1) is 12.8 Å². The molecule has 2 N–H and O–H groups in total. The number of rotatable bonds is 4. The number of aryl methyl sites for hydroxylation is 1. The molecule has 3 rings (SSSR count). The standard InChI is InChI=1S/C17H21N5O/c1-10(2)6-15-19-7-12-8-22(9-14(12)21-15)17-13(16(18)23)5-4-11(3)20-17/h4-5,7,10H,6,8-9H2,1-3H3,(H2,18,23). The zero-order valence-corrected chi connectivity index (χ0v) is 13.7. The van der Waals surface area contributed by atoms with Gasteiger partial charge in [-0.05, 0) is 25.0 Å². The fourth-order valence-corrected chi connectivity index (χ4v) is 2.78. The maximum atomic E-state index is 11.7. The molecule has 0 fully saturated rings. The van der Waals surface area contributed by atoms with Crippen LogP contribution >= 0.6 is 0 Å². The largest absolute Gasteiger partial charge is 0.365 e. The summed E-state index contributed by atoms with van der Waals surface area (Å²) >= 11 is 0. The molecule has 0 radical (unpaired) electrons. The number of anilines is 1. The molecule has 0 aromatic carbocycles. The Morgan fingerprint density at radius 3 is 2.78 bits per heavy atom. The summed E-state index contributed by atoms with van der Waals surface area (Å²) in [7, 11) is 0. The zero-order valence-electron chi connectivity index (χ0n) is 13.7. The number of carbonyl (C=O) groups is 1. The molecule has 0 unspecified atom stereocenters. The Kier molecular flexibility index (Phi) is 3.98. The number of carbonyl (C=O) groups excluding carboxylic acids is 1. The highest BCUT2D eigenvalue weighted by molar-refractivity contribution is 5.97. The number of nitrogens with two attached hydrogens (primary N) is 1. The first-order valence-corrected chi connectivity index (χ1v) is 7.80. The van der Waals surface area contributed by atoms with Gasteiger partial charge in [0.1, 0.15) is 11.6 Å². The average Bonchev–Trinajstić information content (AvgIpc) is 2.89. The van der Waals surface area contributed by atoms with E-state index in [1.165, 1.54) is 0 Å². The summed E-state index contributed by atoms with van der Waals surface area (Å²) in [5.74, 6) is 1.55. The second kappa shape index (κ2) is 5.95. The number of pyridine rings is 1. The highest BCUT2D eigenvalue weighted by atomic mass is 16.1. The van der Waals surface area contributed by atoms with Crippen LogP contribution in [0.25, 0.3) is 0 Å². The van der Waals surface area contributed by atoms with Gasteiger partial charge in [0.25, 0.3) is 5.91 Å². The van der Waals surface area contributed by atoms with Crippen LogP contribution in [0.2, 0.25) is 0 Å². The van der Waals surface area contributed by atoms with Gasteiger partial charge >= 0.3 is 0 Å². The first kappa shape index (κ1) is 15.4. The van der Waals surface area contributed by atoms with Gasteiger partial charge in [-0.3, -0.25) is 4.79 Å². The second-order valence-electron chi connectivity index (χ2n) is 6.40. The molecule has 0 bridgehead atoms. The Balaban J connectivity index is 1.90. The summed E-state index contributed by atoms with van der Waals surface area (Å²) in [6.45, 7) is 7.48. The maximum absolute atomic E-state index is 11.7. The number of nitrogens with zero attached hydrogens (tertiary/aromatic N) is 4. The van der Waals surface area contributed by atoms with Crippen molar-refractivity contribution >= 4 is 11.7 Å². The van der Waals surface area contributed by atoms with Crippen LogP contribution in [0.3, 0.4) is 0 Å². The first-order chi connectivity index (χ1) is 10.9. The van der Waals surface area contributed by atoms with E-state index in [9.17, 15) is 4.79 Å². The number of primary amides is 1. The highest BCUT2D eigenvalue weighted by Gasteiger charge is 2.25. The van der Waals surface area contributed by atoms with Gasteiger partial charge in [-0.15, -0.1) is 0 Å². The van der Waals surface area contributed by atoms with E-state index in [0.29, 0.717) is 30.4 Å². The van der Waals surface area contributed by atoms with Gasteiger partial charge in [0.15, 0.2) is 0 Å². The van der Waals surface area contributed by atoms with Crippen molar-refractivity contribution in [1.82, 2.24) is 15.0 Å². The first-order valence-electron chi connectivity index (χ1n) is 7.80. The monoisotopic (exact) mass is 311 g/mol. The fraction of sp³-hybridized carbons (Fsp3) is 0.412. The SMILES string of the molecule is Cc1ccc(C(N)=O)c(N2Cc3cnc(CC(C)C)nc3C2)n1. The predicted octanol–water partition coefficient (Wildman–Crippen LogP) is 2.00. The van der Waals surface area contributed by atoms with Gasteiger partial charge in [-0.25, -0.2) is 15.0 Å². The minimum Gasteiger partial charge on any atom is -0.365 e. The lowest BCUT2D eigenvalue weighted by Gasteiger charge is -2.19. The number of aromatic nitrogens is 3. The third kappa shape index (κ3) is 3.16. The van der Waals surface area contributed by atoms with E-state index in [2.05, 4.69) is 28.8 Å². The van der Waals surface area contributed by atoms with E-state index < -0.39 is 5.91 Å². The normalized spacial score (nSPS) is 13.5. The number of hydrogen-bond donors (Lipinski definition) is 1. The van der Waals surface area contributed by atoms with Crippen molar-refractivity contribution in [2.75, 3.05) is 4.90 Å². The van der Waals surface area contributed by atoms with Crippen molar-refractivity contribution in [3.05, 3.63) is 46.7 Å². The minimum absolute atomic E-state index is 0.443. The Labute approximate surface area is 135 Å². The lowest BCUT2D eigenvalue weighted by atomic mass is 10.1. The molecule has 120 valence electrons. The van der Waals surface area contributed by atoms with Gasteiger partial charge < -0.3 is 10.6 Å². The number of fused-ring (bicyclic) bond motifs is 1. The van der Waals surface area contributed by atoms with Crippen LogP contribution in [-0.2, 0) is 19.5 Å². The van der Waals surface area contributed by atoms with Gasteiger partial charge in [-0.2, -0.15) is 0 Å². The summed E-state index contributed by atoms with van der Waals surface area (Å²) in [5.41, 5.74) is 8.87. The molecule has 2 aromatic heterocycles. The predicted molar refractivity (Wildman–Crippen MR) is 88.0 cm³/mol. The van der Waals surface area contributed by atoms with Gasteiger partial charge in [0.2, 0.25) is 0 Å². The van der Waals surface area contributed by atoms with E-state index in [-0.39, 0.29) is 0 Å². The quantitative estimate of drug-likeness (QED) is 0.933. The molecule has 1 aliphatic heterocycles. The summed E-state index contributed by atoms with van der Waals surface area (Å²) in [6, 6.07) is 3.53. The molecule has 2 aromatic rings. The molecule has 3 heterocycles. The molecule has 0 saturated heterocycles. The molecule has 1 amide bonds. The third-order valence-corrected chi connectivity index (χ3v) is 3.88.